The van der Waals surface area contributed by atoms with Crippen LogP contribution in [0.5, 0.6) is 0 Å². The predicted molar refractivity (Wildman–Crippen MR) is 74.4 cm³/mol. The summed E-state index contributed by atoms with van der Waals surface area (Å²) < 4.78 is 13.7. The summed E-state index contributed by atoms with van der Waals surface area (Å²) in [6, 6.07) is 6.19. The van der Waals surface area contributed by atoms with Gasteiger partial charge in [-0.05, 0) is 41.3 Å². The highest BCUT2D eigenvalue weighted by atomic mass is 19.1. The molecule has 0 atom stereocenters. The van der Waals surface area contributed by atoms with E-state index in [1.165, 1.54) is 18.3 Å². The van der Waals surface area contributed by atoms with E-state index in [0.29, 0.717) is 16.8 Å². The van der Waals surface area contributed by atoms with Gasteiger partial charge < -0.3 is 10.6 Å². The van der Waals surface area contributed by atoms with Gasteiger partial charge in [-0.3, -0.25) is 0 Å². The summed E-state index contributed by atoms with van der Waals surface area (Å²) in [7, 11) is 0. The number of nitrogen functional groups attached to an aromatic ring is 1. The van der Waals surface area contributed by atoms with Crippen molar-refractivity contribution in [3.8, 4) is 11.1 Å². The fourth-order valence-electron chi connectivity index (χ4n) is 2.00. The smallest absolute Gasteiger partial charge is 0.270 e. The quantitative estimate of drug-likeness (QED) is 0.647. The lowest BCUT2D eigenvalue weighted by atomic mass is 9.94. The second-order valence-corrected chi connectivity index (χ2v) is 4.63. The maximum atomic E-state index is 13.7. The zero-order valence-corrected chi connectivity index (χ0v) is 10.8. The molecule has 0 radical (unpaired) electrons. The molecule has 0 aliphatic heterocycles. The van der Waals surface area contributed by atoms with Crippen LogP contribution in [0.2, 0.25) is 0 Å². The Morgan fingerprint density at radius 3 is 2.68 bits per heavy atom. The molecule has 0 spiro atoms. The molecule has 1 aromatic heterocycles. The molecule has 0 amide bonds. The van der Waals surface area contributed by atoms with Crippen molar-refractivity contribution in [3.63, 3.8) is 0 Å². The normalized spacial score (nSPS) is 10.5. The molecule has 0 saturated carbocycles. The van der Waals surface area contributed by atoms with Crippen LogP contribution >= 0.6 is 0 Å². The van der Waals surface area contributed by atoms with Crippen LogP contribution in [-0.4, -0.2) is 4.98 Å². The first-order valence-corrected chi connectivity index (χ1v) is 5.95. The van der Waals surface area contributed by atoms with Gasteiger partial charge in [0.15, 0.2) is 0 Å². The lowest BCUT2D eigenvalue weighted by molar-refractivity contribution is 0.624. The maximum Gasteiger partial charge on any atom is 0.270 e. The van der Waals surface area contributed by atoms with Crippen LogP contribution < -0.4 is 5.73 Å². The molecule has 4 heteroatoms. The Bertz CT molecular complexity index is 657. The number of halogens is 1. The van der Waals surface area contributed by atoms with Gasteiger partial charge in [0.2, 0.25) is 0 Å². The lowest BCUT2D eigenvalue weighted by Crippen LogP contribution is -2.00. The van der Waals surface area contributed by atoms with Crippen LogP contribution in [0.4, 0.5) is 15.9 Å². The highest BCUT2D eigenvalue weighted by Gasteiger charge is 2.13. The third kappa shape index (κ3) is 2.55. The SMILES string of the molecule is [C-]#[N+]c1cc(-c2cc(F)cc(C(C)C)c2N)ccn1. The van der Waals surface area contributed by atoms with Gasteiger partial charge in [0.25, 0.3) is 5.82 Å². The molecule has 2 aromatic rings. The van der Waals surface area contributed by atoms with E-state index in [-0.39, 0.29) is 17.6 Å². The Morgan fingerprint density at radius 2 is 2.05 bits per heavy atom. The second kappa shape index (κ2) is 5.07. The van der Waals surface area contributed by atoms with Gasteiger partial charge in [0, 0.05) is 11.3 Å². The number of hydrogen-bond donors (Lipinski definition) is 1. The number of benzene rings is 1. The Hall–Kier alpha value is -2.41. The minimum Gasteiger partial charge on any atom is -0.398 e. The first-order chi connectivity index (χ1) is 9.02. The maximum absolute atomic E-state index is 13.7. The van der Waals surface area contributed by atoms with E-state index in [1.807, 2.05) is 13.8 Å². The first kappa shape index (κ1) is 13.0. The summed E-state index contributed by atoms with van der Waals surface area (Å²) in [5.74, 6) is 0.0814. The van der Waals surface area contributed by atoms with E-state index < -0.39 is 0 Å². The molecule has 0 bridgehead atoms. The number of nitrogens with two attached hydrogens (primary N) is 1. The Kier molecular flexibility index (Phi) is 3.48. The van der Waals surface area contributed by atoms with Gasteiger partial charge in [0.1, 0.15) is 12.0 Å². The third-order valence-electron chi connectivity index (χ3n) is 2.97. The Labute approximate surface area is 111 Å². The topological polar surface area (TPSA) is 43.3 Å². The number of nitrogens with zero attached hydrogens (tertiary/aromatic N) is 2. The van der Waals surface area contributed by atoms with E-state index in [9.17, 15) is 4.39 Å². The number of aromatic nitrogens is 1. The number of pyridine rings is 1. The lowest BCUT2D eigenvalue weighted by Gasteiger charge is -2.14. The first-order valence-electron chi connectivity index (χ1n) is 5.95. The average molecular weight is 255 g/mol. The van der Waals surface area contributed by atoms with Crippen LogP contribution in [0.3, 0.4) is 0 Å². The van der Waals surface area contributed by atoms with Crippen molar-refractivity contribution >= 4 is 11.5 Å². The summed E-state index contributed by atoms with van der Waals surface area (Å²) in [5.41, 5.74) is 8.76. The minimum absolute atomic E-state index is 0.136. The number of anilines is 1. The minimum atomic E-state index is -0.325. The molecule has 3 nitrogen and oxygen atoms in total. The molecule has 96 valence electrons. The van der Waals surface area contributed by atoms with E-state index in [2.05, 4.69) is 9.83 Å². The molecular weight excluding hydrogens is 241 g/mol. The molecule has 0 saturated heterocycles. The van der Waals surface area contributed by atoms with Gasteiger partial charge in [0.05, 0.1) is 0 Å². The molecule has 2 rings (SSSR count). The molecule has 0 unspecified atom stereocenters. The number of rotatable bonds is 2. The van der Waals surface area contributed by atoms with Crippen molar-refractivity contribution in [2.45, 2.75) is 19.8 Å². The van der Waals surface area contributed by atoms with Crippen molar-refractivity contribution in [2.24, 2.45) is 0 Å². The summed E-state index contributed by atoms with van der Waals surface area (Å²) in [4.78, 5) is 7.17. The largest absolute Gasteiger partial charge is 0.398 e. The van der Waals surface area contributed by atoms with Crippen molar-refractivity contribution in [3.05, 3.63) is 53.3 Å². The summed E-state index contributed by atoms with van der Waals surface area (Å²) in [5, 5.41) is 0. The van der Waals surface area contributed by atoms with Gasteiger partial charge in [-0.2, -0.15) is 0 Å². The van der Waals surface area contributed by atoms with E-state index in [4.69, 9.17) is 12.3 Å². The van der Waals surface area contributed by atoms with E-state index >= 15 is 0 Å². The molecule has 19 heavy (non-hydrogen) atoms. The van der Waals surface area contributed by atoms with E-state index in [0.717, 1.165) is 5.56 Å². The second-order valence-electron chi connectivity index (χ2n) is 4.63. The van der Waals surface area contributed by atoms with Gasteiger partial charge in [-0.1, -0.05) is 20.4 Å². The van der Waals surface area contributed by atoms with Gasteiger partial charge in [-0.25, -0.2) is 4.39 Å². The van der Waals surface area contributed by atoms with Gasteiger partial charge >= 0.3 is 0 Å². The van der Waals surface area contributed by atoms with Crippen molar-refractivity contribution in [1.29, 1.82) is 0 Å². The summed E-state index contributed by atoms with van der Waals surface area (Å²) in [6.45, 7) is 10.9. The van der Waals surface area contributed by atoms with Crippen LogP contribution in [0.15, 0.2) is 30.5 Å². The zero-order valence-electron chi connectivity index (χ0n) is 10.8. The predicted octanol–water partition coefficient (Wildman–Crippen LogP) is 4.14. The fraction of sp³-hybridized carbons (Fsp3) is 0.200. The Balaban J connectivity index is 2.65. The average Bonchev–Trinajstić information content (AvgIpc) is 2.40. The third-order valence-corrected chi connectivity index (χ3v) is 2.97. The van der Waals surface area contributed by atoms with E-state index in [1.54, 1.807) is 12.1 Å². The van der Waals surface area contributed by atoms with Crippen LogP contribution in [0.1, 0.15) is 25.3 Å². The fourth-order valence-corrected chi connectivity index (χ4v) is 2.00. The summed E-state index contributed by atoms with van der Waals surface area (Å²) in [6.07, 6.45) is 1.53. The zero-order chi connectivity index (χ0) is 14.0. The molecule has 0 aliphatic rings. The molecule has 1 heterocycles. The molecule has 1 aromatic carbocycles. The highest BCUT2D eigenvalue weighted by molar-refractivity contribution is 5.80. The standard InChI is InChI=1S/C15H14FN3/c1-9(2)12-7-11(16)8-13(15(12)17)10-4-5-19-14(6-10)18-3/h4-9H,17H2,1-2H3. The number of hydrogen-bond acceptors (Lipinski definition) is 2. The van der Waals surface area contributed by atoms with Crippen LogP contribution in [0.25, 0.3) is 16.0 Å². The van der Waals surface area contributed by atoms with Gasteiger partial charge in [-0.15, -0.1) is 4.98 Å². The molecule has 2 N–H and O–H groups in total. The van der Waals surface area contributed by atoms with Crippen molar-refractivity contribution < 1.29 is 4.39 Å². The van der Waals surface area contributed by atoms with Crippen LogP contribution in [-0.2, 0) is 0 Å². The molecule has 0 aliphatic carbocycles. The van der Waals surface area contributed by atoms with Crippen molar-refractivity contribution in [1.82, 2.24) is 4.98 Å². The van der Waals surface area contributed by atoms with Crippen LogP contribution in [0, 0.1) is 12.4 Å². The Morgan fingerprint density at radius 1 is 1.32 bits per heavy atom. The van der Waals surface area contributed by atoms with Crippen molar-refractivity contribution in [2.75, 3.05) is 5.73 Å². The summed E-state index contributed by atoms with van der Waals surface area (Å²) >= 11 is 0. The highest BCUT2D eigenvalue weighted by Crippen LogP contribution is 2.34. The monoisotopic (exact) mass is 255 g/mol. The molecular formula is C15H14FN3. The molecule has 0 fully saturated rings.